The number of hydrogen-bond acceptors (Lipinski definition) is 4. The number of halogens is 2. The topological polar surface area (TPSA) is 67.9 Å². The third-order valence-electron chi connectivity index (χ3n) is 4.77. The van der Waals surface area contributed by atoms with Crippen LogP contribution in [-0.4, -0.2) is 36.1 Å². The summed E-state index contributed by atoms with van der Waals surface area (Å²) in [7, 11) is 0. The highest BCUT2D eigenvalue weighted by Crippen LogP contribution is 2.42. The van der Waals surface area contributed by atoms with Gasteiger partial charge in [0.2, 0.25) is 11.8 Å². The van der Waals surface area contributed by atoms with Gasteiger partial charge >= 0.3 is 6.29 Å². The summed E-state index contributed by atoms with van der Waals surface area (Å²) in [6.07, 6.45) is -0.517. The van der Waals surface area contributed by atoms with E-state index in [1.165, 1.54) is 18.2 Å². The number of likely N-dealkylation sites (tertiary alicyclic amines) is 1. The monoisotopic (exact) mass is 352 g/mol. The average Bonchev–Trinajstić information content (AvgIpc) is 3.37. The third-order valence-corrected chi connectivity index (χ3v) is 4.77. The zero-order valence-corrected chi connectivity index (χ0v) is 13.5. The standard InChI is InChI=1S/C17H18F2N2O4/c18-17(19)24-13-4-3-12(9-14(13)25-17)20-15(22)10-5-7-21(8-6-10)16(23)11-1-2-11/h3-4,9-11H,1-2,5-8H2,(H,20,22). The molecule has 1 N–H and O–H groups in total. The van der Waals surface area contributed by atoms with Gasteiger partial charge in [-0.3, -0.25) is 9.59 Å². The minimum Gasteiger partial charge on any atom is -0.395 e. The first-order chi connectivity index (χ1) is 11.9. The maximum absolute atomic E-state index is 13.0. The fourth-order valence-corrected chi connectivity index (χ4v) is 3.22. The molecule has 1 aliphatic carbocycles. The van der Waals surface area contributed by atoms with Gasteiger partial charge in [0, 0.05) is 36.7 Å². The molecule has 134 valence electrons. The molecule has 2 fully saturated rings. The average molecular weight is 352 g/mol. The molecule has 0 bridgehead atoms. The number of anilines is 1. The number of benzene rings is 1. The molecule has 0 unspecified atom stereocenters. The Morgan fingerprint density at radius 3 is 2.40 bits per heavy atom. The van der Waals surface area contributed by atoms with E-state index in [9.17, 15) is 18.4 Å². The summed E-state index contributed by atoms with van der Waals surface area (Å²) >= 11 is 0. The Kier molecular flexibility index (Phi) is 3.77. The van der Waals surface area contributed by atoms with Crippen molar-refractivity contribution in [3.8, 4) is 11.5 Å². The summed E-state index contributed by atoms with van der Waals surface area (Å²) in [4.78, 5) is 26.2. The van der Waals surface area contributed by atoms with E-state index >= 15 is 0 Å². The van der Waals surface area contributed by atoms with Crippen LogP contribution in [-0.2, 0) is 9.59 Å². The van der Waals surface area contributed by atoms with Gasteiger partial charge in [-0.15, -0.1) is 8.78 Å². The zero-order chi connectivity index (χ0) is 17.6. The summed E-state index contributed by atoms with van der Waals surface area (Å²) < 4.78 is 34.7. The van der Waals surface area contributed by atoms with Crippen LogP contribution in [0.1, 0.15) is 25.7 Å². The number of carbonyl (C=O) groups is 2. The molecule has 6 nitrogen and oxygen atoms in total. The SMILES string of the molecule is O=C(Nc1ccc2c(c1)OC(F)(F)O2)C1CCN(C(=O)C2CC2)CC1. The number of fused-ring (bicyclic) bond motifs is 1. The van der Waals surface area contributed by atoms with Gasteiger partial charge in [0.05, 0.1) is 0 Å². The van der Waals surface area contributed by atoms with Crippen LogP contribution >= 0.6 is 0 Å². The van der Waals surface area contributed by atoms with Gasteiger partial charge in [-0.1, -0.05) is 0 Å². The molecule has 1 saturated heterocycles. The number of hydrogen-bond donors (Lipinski definition) is 1. The number of piperidine rings is 1. The Morgan fingerprint density at radius 2 is 1.72 bits per heavy atom. The molecule has 1 saturated carbocycles. The zero-order valence-electron chi connectivity index (χ0n) is 13.5. The van der Waals surface area contributed by atoms with Crippen molar-refractivity contribution in [2.45, 2.75) is 32.0 Å². The number of amides is 2. The van der Waals surface area contributed by atoms with Crippen molar-refractivity contribution < 1.29 is 27.8 Å². The lowest BCUT2D eigenvalue weighted by molar-refractivity contribution is -0.286. The molecule has 0 atom stereocenters. The van der Waals surface area contributed by atoms with Crippen LogP contribution < -0.4 is 14.8 Å². The Balaban J connectivity index is 1.33. The van der Waals surface area contributed by atoms with Gasteiger partial charge in [0.15, 0.2) is 11.5 Å². The first-order valence-corrected chi connectivity index (χ1v) is 8.41. The number of alkyl halides is 2. The Bertz CT molecular complexity index is 713. The van der Waals surface area contributed by atoms with E-state index in [4.69, 9.17) is 0 Å². The minimum absolute atomic E-state index is 0.0603. The highest BCUT2D eigenvalue weighted by Gasteiger charge is 2.43. The molecule has 25 heavy (non-hydrogen) atoms. The number of rotatable bonds is 3. The molecule has 2 aliphatic heterocycles. The van der Waals surface area contributed by atoms with Crippen LogP contribution in [0.15, 0.2) is 18.2 Å². The van der Waals surface area contributed by atoms with Gasteiger partial charge in [-0.05, 0) is 37.8 Å². The highest BCUT2D eigenvalue weighted by molar-refractivity contribution is 5.93. The lowest BCUT2D eigenvalue weighted by atomic mass is 9.95. The maximum Gasteiger partial charge on any atom is 0.586 e. The second kappa shape index (κ2) is 5.86. The predicted molar refractivity (Wildman–Crippen MR) is 83.3 cm³/mol. The van der Waals surface area contributed by atoms with Crippen LogP contribution in [0, 0.1) is 11.8 Å². The lowest BCUT2D eigenvalue weighted by Gasteiger charge is -2.31. The van der Waals surface area contributed by atoms with E-state index in [0.29, 0.717) is 31.6 Å². The van der Waals surface area contributed by atoms with E-state index < -0.39 is 6.29 Å². The van der Waals surface area contributed by atoms with E-state index in [1.807, 2.05) is 4.90 Å². The van der Waals surface area contributed by atoms with Gasteiger partial charge in [0.1, 0.15) is 0 Å². The molecule has 1 aromatic carbocycles. The van der Waals surface area contributed by atoms with Crippen LogP contribution in [0.2, 0.25) is 0 Å². The van der Waals surface area contributed by atoms with E-state index in [0.717, 1.165) is 12.8 Å². The molecule has 0 radical (unpaired) electrons. The molecule has 4 rings (SSSR count). The maximum atomic E-state index is 13.0. The summed E-state index contributed by atoms with van der Waals surface area (Å²) in [6, 6.07) is 4.15. The smallest absolute Gasteiger partial charge is 0.395 e. The fraction of sp³-hybridized carbons (Fsp3) is 0.529. The van der Waals surface area contributed by atoms with Crippen LogP contribution in [0.3, 0.4) is 0 Å². The highest BCUT2D eigenvalue weighted by atomic mass is 19.3. The molecular formula is C17H18F2N2O4. The Labute approximate surface area is 143 Å². The molecular weight excluding hydrogens is 334 g/mol. The predicted octanol–water partition coefficient (Wildman–Crippen LogP) is 2.60. The number of nitrogens with zero attached hydrogens (tertiary/aromatic N) is 1. The largest absolute Gasteiger partial charge is 0.586 e. The van der Waals surface area contributed by atoms with Crippen molar-refractivity contribution in [3.63, 3.8) is 0 Å². The molecule has 8 heteroatoms. The van der Waals surface area contributed by atoms with E-state index in [-0.39, 0.29) is 35.1 Å². The summed E-state index contributed by atoms with van der Waals surface area (Å²) in [5.74, 6) is -0.144. The van der Waals surface area contributed by atoms with Gasteiger partial charge in [-0.25, -0.2) is 0 Å². The molecule has 2 amide bonds. The second-order valence-corrected chi connectivity index (χ2v) is 6.69. The van der Waals surface area contributed by atoms with Gasteiger partial charge in [0.25, 0.3) is 0 Å². The third kappa shape index (κ3) is 3.38. The van der Waals surface area contributed by atoms with Gasteiger partial charge in [-0.2, -0.15) is 0 Å². The van der Waals surface area contributed by atoms with Crippen LogP contribution in [0.4, 0.5) is 14.5 Å². The Hall–Kier alpha value is -2.38. The first-order valence-electron chi connectivity index (χ1n) is 8.41. The molecule has 1 aromatic rings. The van der Waals surface area contributed by atoms with Crippen molar-refractivity contribution in [3.05, 3.63) is 18.2 Å². The van der Waals surface area contributed by atoms with Gasteiger partial charge < -0.3 is 19.7 Å². The van der Waals surface area contributed by atoms with Crippen molar-refractivity contribution in [2.75, 3.05) is 18.4 Å². The second-order valence-electron chi connectivity index (χ2n) is 6.69. The van der Waals surface area contributed by atoms with Crippen molar-refractivity contribution in [1.82, 2.24) is 4.90 Å². The fourth-order valence-electron chi connectivity index (χ4n) is 3.22. The number of nitrogens with one attached hydrogen (secondary N) is 1. The summed E-state index contributed by atoms with van der Waals surface area (Å²) in [5, 5.41) is 2.73. The van der Waals surface area contributed by atoms with Crippen LogP contribution in [0.5, 0.6) is 11.5 Å². The summed E-state index contributed by atoms with van der Waals surface area (Å²) in [5.41, 5.74) is 0.376. The van der Waals surface area contributed by atoms with Crippen molar-refractivity contribution >= 4 is 17.5 Å². The lowest BCUT2D eigenvalue weighted by Crippen LogP contribution is -2.42. The number of ether oxygens (including phenoxy) is 2. The summed E-state index contributed by atoms with van der Waals surface area (Å²) in [6.45, 7) is 1.17. The molecule has 0 aromatic heterocycles. The number of carbonyl (C=O) groups excluding carboxylic acids is 2. The van der Waals surface area contributed by atoms with Crippen molar-refractivity contribution in [2.24, 2.45) is 11.8 Å². The minimum atomic E-state index is -3.67. The first kappa shape index (κ1) is 16.1. The molecule has 3 aliphatic rings. The van der Waals surface area contributed by atoms with E-state index in [1.54, 1.807) is 0 Å². The Morgan fingerprint density at radius 1 is 1.04 bits per heavy atom. The normalized spacial score (nSPS) is 21.9. The van der Waals surface area contributed by atoms with Crippen LogP contribution in [0.25, 0.3) is 0 Å². The van der Waals surface area contributed by atoms with E-state index in [2.05, 4.69) is 14.8 Å². The molecule has 0 spiro atoms. The molecule has 2 heterocycles. The quantitative estimate of drug-likeness (QED) is 0.908. The van der Waals surface area contributed by atoms with Crippen molar-refractivity contribution in [1.29, 1.82) is 0 Å².